The molecule has 2 aromatic carbocycles. The lowest BCUT2D eigenvalue weighted by molar-refractivity contribution is -0.384. The third-order valence-corrected chi connectivity index (χ3v) is 3.58. The number of benzene rings is 2. The molecule has 3 rings (SSSR count). The molecule has 26 heavy (non-hydrogen) atoms. The molecule has 0 saturated heterocycles. The third kappa shape index (κ3) is 3.69. The minimum absolute atomic E-state index is 0.0327. The molecule has 0 N–H and O–H groups in total. The van der Waals surface area contributed by atoms with E-state index >= 15 is 0 Å². The highest BCUT2D eigenvalue weighted by atomic mass is 16.6. The molecule has 0 radical (unpaired) electrons. The van der Waals surface area contributed by atoms with Crippen molar-refractivity contribution in [2.75, 3.05) is 14.2 Å². The number of nitro benzene ring substituents is 1. The van der Waals surface area contributed by atoms with Crippen LogP contribution in [-0.2, 0) is 0 Å². The lowest BCUT2D eigenvalue weighted by Gasteiger charge is -2.07. The van der Waals surface area contributed by atoms with Crippen molar-refractivity contribution in [2.45, 2.75) is 0 Å². The van der Waals surface area contributed by atoms with Crippen molar-refractivity contribution in [3.05, 3.63) is 64.0 Å². The summed E-state index contributed by atoms with van der Waals surface area (Å²) in [6.07, 6.45) is 3.43. The Morgan fingerprint density at radius 1 is 1.08 bits per heavy atom. The summed E-state index contributed by atoms with van der Waals surface area (Å²) >= 11 is 0. The van der Waals surface area contributed by atoms with Crippen LogP contribution in [0.1, 0.15) is 11.5 Å². The molecule has 0 aliphatic heterocycles. The number of aromatic nitrogens is 2. The van der Waals surface area contributed by atoms with Gasteiger partial charge in [0.15, 0.2) is 11.5 Å². The summed E-state index contributed by atoms with van der Waals surface area (Å²) in [7, 11) is 3.13. The van der Waals surface area contributed by atoms with Crippen LogP contribution < -0.4 is 9.47 Å². The summed E-state index contributed by atoms with van der Waals surface area (Å²) in [6, 6.07) is 11.5. The highest BCUT2D eigenvalue weighted by Gasteiger charge is 2.11. The van der Waals surface area contributed by atoms with E-state index in [0.29, 0.717) is 17.1 Å². The minimum atomic E-state index is -0.471. The van der Waals surface area contributed by atoms with Gasteiger partial charge in [-0.05, 0) is 23.8 Å². The molecule has 0 aliphatic carbocycles. The highest BCUT2D eigenvalue weighted by molar-refractivity contribution is 5.69. The quantitative estimate of drug-likeness (QED) is 0.490. The number of ether oxygens (including phenoxy) is 2. The maximum absolute atomic E-state index is 10.9. The van der Waals surface area contributed by atoms with Gasteiger partial charge in [0, 0.05) is 23.8 Å². The lowest BCUT2D eigenvalue weighted by Crippen LogP contribution is -1.90. The molecule has 1 aromatic heterocycles. The van der Waals surface area contributed by atoms with Gasteiger partial charge < -0.3 is 14.0 Å². The Balaban J connectivity index is 1.81. The van der Waals surface area contributed by atoms with Gasteiger partial charge in [0.25, 0.3) is 11.6 Å². The maximum Gasteiger partial charge on any atom is 0.270 e. The molecule has 0 amide bonds. The second-order valence-electron chi connectivity index (χ2n) is 5.21. The Morgan fingerprint density at radius 3 is 2.62 bits per heavy atom. The number of methoxy groups -OCH3 is 2. The summed E-state index contributed by atoms with van der Waals surface area (Å²) in [5, 5.41) is 14.7. The first-order valence-corrected chi connectivity index (χ1v) is 7.59. The van der Waals surface area contributed by atoms with Crippen molar-refractivity contribution < 1.29 is 18.9 Å². The van der Waals surface area contributed by atoms with Gasteiger partial charge >= 0.3 is 0 Å². The number of nitrogens with zero attached hydrogens (tertiary/aromatic N) is 3. The molecule has 0 spiro atoms. The van der Waals surface area contributed by atoms with Crippen molar-refractivity contribution >= 4 is 17.8 Å². The summed E-state index contributed by atoms with van der Waals surface area (Å²) < 4.78 is 15.6. The van der Waals surface area contributed by atoms with Gasteiger partial charge in [-0.25, -0.2) is 0 Å². The fraction of sp³-hybridized carbons (Fsp3) is 0.111. The number of non-ortho nitro benzene ring substituents is 1. The van der Waals surface area contributed by atoms with E-state index in [2.05, 4.69) is 10.1 Å². The Kier molecular flexibility index (Phi) is 4.93. The van der Waals surface area contributed by atoms with Gasteiger partial charge in [0.1, 0.15) is 0 Å². The molecule has 1 heterocycles. The number of hydrogen-bond donors (Lipinski definition) is 0. The average molecular weight is 353 g/mol. The van der Waals surface area contributed by atoms with Crippen LogP contribution in [0.2, 0.25) is 0 Å². The first-order valence-electron chi connectivity index (χ1n) is 7.59. The van der Waals surface area contributed by atoms with E-state index in [1.807, 2.05) is 12.1 Å². The number of hydrogen-bond acceptors (Lipinski definition) is 7. The van der Waals surface area contributed by atoms with E-state index in [4.69, 9.17) is 14.0 Å². The molecule has 0 saturated carbocycles. The number of rotatable bonds is 6. The Morgan fingerprint density at radius 2 is 1.88 bits per heavy atom. The van der Waals surface area contributed by atoms with Crippen molar-refractivity contribution in [1.82, 2.24) is 10.1 Å². The van der Waals surface area contributed by atoms with Gasteiger partial charge in [0.2, 0.25) is 5.82 Å². The third-order valence-electron chi connectivity index (χ3n) is 3.58. The zero-order valence-electron chi connectivity index (χ0n) is 14.1. The summed E-state index contributed by atoms with van der Waals surface area (Å²) in [5.41, 5.74) is 1.33. The van der Waals surface area contributed by atoms with E-state index in [1.165, 1.54) is 12.1 Å². The molecule has 0 fully saturated rings. The van der Waals surface area contributed by atoms with Crippen molar-refractivity contribution in [3.63, 3.8) is 0 Å². The standard InChI is InChI=1S/C18H15N3O5/c1-24-15-8-6-12(10-16(15)25-2)7-9-17-19-18(20-26-17)13-4-3-5-14(11-13)21(22)23/h3-11H,1-2H3/b9-7+. The van der Waals surface area contributed by atoms with E-state index in [1.54, 1.807) is 44.6 Å². The predicted molar refractivity (Wildman–Crippen MR) is 94.9 cm³/mol. The normalized spacial score (nSPS) is 10.8. The smallest absolute Gasteiger partial charge is 0.270 e. The molecular weight excluding hydrogens is 338 g/mol. The minimum Gasteiger partial charge on any atom is -0.493 e. The van der Waals surface area contributed by atoms with Crippen LogP contribution in [0.4, 0.5) is 5.69 Å². The Hall–Kier alpha value is -3.68. The van der Waals surface area contributed by atoms with E-state index in [9.17, 15) is 10.1 Å². The van der Waals surface area contributed by atoms with Crippen molar-refractivity contribution in [2.24, 2.45) is 0 Å². The van der Waals surface area contributed by atoms with Gasteiger partial charge in [-0.1, -0.05) is 23.4 Å². The van der Waals surface area contributed by atoms with Gasteiger partial charge in [0.05, 0.1) is 19.1 Å². The molecule has 8 nitrogen and oxygen atoms in total. The van der Waals surface area contributed by atoms with Gasteiger partial charge in [-0.3, -0.25) is 10.1 Å². The zero-order chi connectivity index (χ0) is 18.5. The fourth-order valence-corrected chi connectivity index (χ4v) is 2.30. The largest absolute Gasteiger partial charge is 0.493 e. The van der Waals surface area contributed by atoms with Crippen molar-refractivity contribution in [1.29, 1.82) is 0 Å². The average Bonchev–Trinajstić information content (AvgIpc) is 3.15. The topological polar surface area (TPSA) is 101 Å². The van der Waals surface area contributed by atoms with Crippen LogP contribution in [0.25, 0.3) is 23.5 Å². The maximum atomic E-state index is 10.9. The lowest BCUT2D eigenvalue weighted by atomic mass is 10.2. The van der Waals surface area contributed by atoms with Gasteiger partial charge in [-0.2, -0.15) is 4.98 Å². The van der Waals surface area contributed by atoms with E-state index < -0.39 is 4.92 Å². The van der Waals surface area contributed by atoms with Crippen LogP contribution in [-0.4, -0.2) is 29.3 Å². The predicted octanol–water partition coefficient (Wildman–Crippen LogP) is 3.83. The summed E-state index contributed by atoms with van der Waals surface area (Å²) in [5.74, 6) is 1.80. The molecule has 0 atom stereocenters. The summed E-state index contributed by atoms with van der Waals surface area (Å²) in [6.45, 7) is 0. The van der Waals surface area contributed by atoms with E-state index in [0.717, 1.165) is 5.56 Å². The second-order valence-corrected chi connectivity index (χ2v) is 5.21. The summed E-state index contributed by atoms with van der Waals surface area (Å²) in [4.78, 5) is 14.6. The molecule has 0 aliphatic rings. The van der Waals surface area contributed by atoms with Crippen LogP contribution >= 0.6 is 0 Å². The fourth-order valence-electron chi connectivity index (χ4n) is 2.30. The first-order chi connectivity index (χ1) is 12.6. The first kappa shape index (κ1) is 17.2. The monoisotopic (exact) mass is 353 g/mol. The van der Waals surface area contributed by atoms with Crippen LogP contribution in [0, 0.1) is 10.1 Å². The molecule has 0 unspecified atom stereocenters. The zero-order valence-corrected chi connectivity index (χ0v) is 14.1. The second kappa shape index (κ2) is 7.47. The molecule has 3 aromatic rings. The van der Waals surface area contributed by atoms with Crippen LogP contribution in [0.15, 0.2) is 47.0 Å². The molecular formula is C18H15N3O5. The Bertz CT molecular complexity index is 965. The molecule has 132 valence electrons. The SMILES string of the molecule is COc1ccc(/C=C/c2nc(-c3cccc([N+](=O)[O-])c3)no2)cc1OC. The molecule has 8 heteroatoms. The Labute approximate surface area is 148 Å². The molecule has 0 bridgehead atoms. The van der Waals surface area contributed by atoms with Gasteiger partial charge in [-0.15, -0.1) is 0 Å². The van der Waals surface area contributed by atoms with Crippen molar-refractivity contribution in [3.8, 4) is 22.9 Å². The van der Waals surface area contributed by atoms with Crippen LogP contribution in [0.3, 0.4) is 0 Å². The highest BCUT2D eigenvalue weighted by Crippen LogP contribution is 2.28. The number of nitro groups is 1. The van der Waals surface area contributed by atoms with E-state index in [-0.39, 0.29) is 17.4 Å². The van der Waals surface area contributed by atoms with Crippen LogP contribution in [0.5, 0.6) is 11.5 Å².